The summed E-state index contributed by atoms with van der Waals surface area (Å²) in [4.78, 5) is 12.4. The van der Waals surface area contributed by atoms with E-state index in [1.807, 2.05) is 6.08 Å². The maximum absolute atomic E-state index is 12.4. The number of carbonyl (C=O) groups is 1. The fourth-order valence-electron chi connectivity index (χ4n) is 6.59. The first-order valence-corrected chi connectivity index (χ1v) is 21.7. The number of hydrogen-bond donors (Lipinski definition) is 4. The monoisotopic (exact) mass is 692 g/mol. The molecule has 3 unspecified atom stereocenters. The third-order valence-electron chi connectivity index (χ3n) is 10.0. The lowest BCUT2D eigenvalue weighted by atomic mass is 10.0. The van der Waals surface area contributed by atoms with Crippen LogP contribution < -0.4 is 5.32 Å². The number of allylic oxidation sites excluding steroid dienone is 3. The highest BCUT2D eigenvalue weighted by molar-refractivity contribution is 5.80. The van der Waals surface area contributed by atoms with Crippen LogP contribution in [-0.2, 0) is 4.79 Å². The van der Waals surface area contributed by atoms with E-state index < -0.39 is 24.2 Å². The van der Waals surface area contributed by atoms with Crippen LogP contribution in [0.1, 0.15) is 226 Å². The van der Waals surface area contributed by atoms with Gasteiger partial charge in [0.2, 0.25) is 5.91 Å². The van der Waals surface area contributed by atoms with Gasteiger partial charge in [-0.05, 0) is 44.9 Å². The number of aliphatic hydroxyl groups is 3. The molecule has 0 saturated carbocycles. The minimum atomic E-state index is -1.10. The number of amides is 1. The molecule has 0 spiro atoms. The molecule has 0 fully saturated rings. The molecule has 5 nitrogen and oxygen atoms in total. The fraction of sp³-hybridized carbons (Fsp3) is 0.886. The van der Waals surface area contributed by atoms with E-state index in [0.29, 0.717) is 6.42 Å². The molecule has 0 aliphatic heterocycles. The summed E-state index contributed by atoms with van der Waals surface area (Å²) in [6, 6.07) is -0.797. The van der Waals surface area contributed by atoms with E-state index in [2.05, 4.69) is 31.3 Å². The van der Waals surface area contributed by atoms with Crippen molar-refractivity contribution in [2.24, 2.45) is 0 Å². The summed E-state index contributed by atoms with van der Waals surface area (Å²) in [7, 11) is 0. The minimum absolute atomic E-state index is 0.364. The standard InChI is InChI=1S/C44H85NO4/c1-3-5-7-9-11-13-15-17-19-21-22-23-25-27-29-31-33-35-37-39-43(48)44(49)45-41(40-46)42(47)38-36-34-32-30-28-26-24-20-18-16-14-12-10-8-6-4-2/h22-23,36,38,41-43,46-48H,3-21,24-35,37,39-40H2,1-2H3,(H,45,49)/b23-22-,38-36+. The van der Waals surface area contributed by atoms with Crippen LogP contribution in [0, 0.1) is 0 Å². The number of carbonyl (C=O) groups excluding carboxylic acids is 1. The van der Waals surface area contributed by atoms with Crippen molar-refractivity contribution in [3.05, 3.63) is 24.3 Å². The Hall–Kier alpha value is -1.17. The molecule has 0 radical (unpaired) electrons. The van der Waals surface area contributed by atoms with Gasteiger partial charge in [0.15, 0.2) is 0 Å². The Kier molecular flexibility index (Phi) is 38.7. The van der Waals surface area contributed by atoms with Gasteiger partial charge in [-0.25, -0.2) is 0 Å². The van der Waals surface area contributed by atoms with Crippen molar-refractivity contribution < 1.29 is 20.1 Å². The van der Waals surface area contributed by atoms with Crippen LogP contribution >= 0.6 is 0 Å². The maximum atomic E-state index is 12.4. The molecule has 0 bridgehead atoms. The Bertz CT molecular complexity index is 724. The number of unbranched alkanes of at least 4 members (excludes halogenated alkanes) is 29. The molecule has 49 heavy (non-hydrogen) atoms. The minimum Gasteiger partial charge on any atom is -0.394 e. The van der Waals surface area contributed by atoms with Crippen LogP contribution in [0.5, 0.6) is 0 Å². The molecule has 1 amide bonds. The van der Waals surface area contributed by atoms with Crippen molar-refractivity contribution in [2.75, 3.05) is 6.61 Å². The lowest BCUT2D eigenvalue weighted by Gasteiger charge is -2.21. The van der Waals surface area contributed by atoms with Gasteiger partial charge in [0.05, 0.1) is 18.8 Å². The Morgan fingerprint density at radius 1 is 0.490 bits per heavy atom. The third kappa shape index (κ3) is 35.0. The number of nitrogens with one attached hydrogen (secondary N) is 1. The summed E-state index contributed by atoms with van der Waals surface area (Å²) < 4.78 is 0. The zero-order valence-corrected chi connectivity index (χ0v) is 32.8. The molecule has 5 heteroatoms. The molecule has 0 aromatic heterocycles. The lowest BCUT2D eigenvalue weighted by molar-refractivity contribution is -0.131. The molecular formula is C44H85NO4. The second-order valence-corrected chi connectivity index (χ2v) is 14.9. The highest BCUT2D eigenvalue weighted by Gasteiger charge is 2.22. The van der Waals surface area contributed by atoms with Gasteiger partial charge in [-0.1, -0.05) is 205 Å². The third-order valence-corrected chi connectivity index (χ3v) is 10.0. The van der Waals surface area contributed by atoms with Crippen LogP contribution in [-0.4, -0.2) is 46.1 Å². The van der Waals surface area contributed by atoms with Crippen molar-refractivity contribution in [2.45, 2.75) is 244 Å². The van der Waals surface area contributed by atoms with Crippen LogP contribution in [0.3, 0.4) is 0 Å². The Morgan fingerprint density at radius 3 is 1.18 bits per heavy atom. The van der Waals surface area contributed by atoms with E-state index >= 15 is 0 Å². The zero-order chi connectivity index (χ0) is 35.9. The van der Waals surface area contributed by atoms with Gasteiger partial charge in [0.25, 0.3) is 0 Å². The van der Waals surface area contributed by atoms with Crippen molar-refractivity contribution in [1.82, 2.24) is 5.32 Å². The van der Waals surface area contributed by atoms with E-state index in [1.54, 1.807) is 6.08 Å². The van der Waals surface area contributed by atoms with Gasteiger partial charge in [0.1, 0.15) is 6.10 Å². The van der Waals surface area contributed by atoms with Crippen molar-refractivity contribution >= 4 is 5.91 Å². The molecule has 0 aromatic carbocycles. The highest BCUT2D eigenvalue weighted by atomic mass is 16.3. The SMILES string of the molecule is CCCCCCCCCCC/C=C\CCCCCCCCC(O)C(=O)NC(CO)C(O)/C=C/CCCCCCCCCCCCCCCC. The van der Waals surface area contributed by atoms with Crippen LogP contribution in [0.2, 0.25) is 0 Å². The Morgan fingerprint density at radius 2 is 0.816 bits per heavy atom. The molecule has 0 heterocycles. The lowest BCUT2D eigenvalue weighted by Crippen LogP contribution is -2.48. The normalized spacial score (nSPS) is 13.8. The van der Waals surface area contributed by atoms with Crippen molar-refractivity contribution in [3.8, 4) is 0 Å². The highest BCUT2D eigenvalue weighted by Crippen LogP contribution is 2.15. The molecule has 290 valence electrons. The summed E-state index contributed by atoms with van der Waals surface area (Å²) in [5, 5.41) is 33.1. The predicted octanol–water partition coefficient (Wildman–Crippen LogP) is 12.2. The van der Waals surface area contributed by atoms with Crippen molar-refractivity contribution in [1.29, 1.82) is 0 Å². The molecule has 0 saturated heterocycles. The maximum Gasteiger partial charge on any atom is 0.249 e. The quantitative estimate of drug-likeness (QED) is 0.0381. The number of hydrogen-bond acceptors (Lipinski definition) is 4. The number of aliphatic hydroxyl groups excluding tert-OH is 3. The van der Waals surface area contributed by atoms with E-state index in [9.17, 15) is 20.1 Å². The fourth-order valence-corrected chi connectivity index (χ4v) is 6.59. The summed E-state index contributed by atoms with van der Waals surface area (Å²) >= 11 is 0. The summed E-state index contributed by atoms with van der Waals surface area (Å²) in [6.45, 7) is 4.18. The molecule has 4 N–H and O–H groups in total. The average Bonchev–Trinajstić information content (AvgIpc) is 3.11. The second kappa shape index (κ2) is 39.6. The van der Waals surface area contributed by atoms with Gasteiger partial charge >= 0.3 is 0 Å². The van der Waals surface area contributed by atoms with E-state index in [0.717, 1.165) is 32.1 Å². The van der Waals surface area contributed by atoms with Gasteiger partial charge in [-0.3, -0.25) is 4.79 Å². The second-order valence-electron chi connectivity index (χ2n) is 14.9. The van der Waals surface area contributed by atoms with E-state index in [-0.39, 0.29) is 6.61 Å². The molecule has 3 atom stereocenters. The molecular weight excluding hydrogens is 606 g/mol. The topological polar surface area (TPSA) is 89.8 Å². The van der Waals surface area contributed by atoms with Gasteiger partial charge in [-0.15, -0.1) is 0 Å². The summed E-state index contributed by atoms with van der Waals surface area (Å²) in [6.07, 6.45) is 47.7. The van der Waals surface area contributed by atoms with Crippen LogP contribution in [0.15, 0.2) is 24.3 Å². The first kappa shape index (κ1) is 47.8. The zero-order valence-electron chi connectivity index (χ0n) is 32.8. The van der Waals surface area contributed by atoms with Crippen LogP contribution in [0.25, 0.3) is 0 Å². The van der Waals surface area contributed by atoms with E-state index in [1.165, 1.54) is 173 Å². The first-order valence-electron chi connectivity index (χ1n) is 21.7. The van der Waals surface area contributed by atoms with Gasteiger partial charge < -0.3 is 20.6 Å². The molecule has 0 rings (SSSR count). The van der Waals surface area contributed by atoms with Crippen LogP contribution in [0.4, 0.5) is 0 Å². The molecule has 0 aromatic rings. The summed E-state index contributed by atoms with van der Waals surface area (Å²) in [5.41, 5.74) is 0. The molecule has 0 aliphatic carbocycles. The molecule has 0 aliphatic rings. The largest absolute Gasteiger partial charge is 0.394 e. The predicted molar refractivity (Wildman–Crippen MR) is 213 cm³/mol. The van der Waals surface area contributed by atoms with Crippen molar-refractivity contribution in [3.63, 3.8) is 0 Å². The average molecular weight is 692 g/mol. The Balaban J connectivity index is 3.69. The summed E-state index contributed by atoms with van der Waals surface area (Å²) in [5.74, 6) is -0.507. The van der Waals surface area contributed by atoms with Gasteiger partial charge in [-0.2, -0.15) is 0 Å². The van der Waals surface area contributed by atoms with E-state index in [4.69, 9.17) is 0 Å². The smallest absolute Gasteiger partial charge is 0.249 e. The first-order chi connectivity index (χ1) is 24.1. The Labute approximate surface area is 305 Å². The number of rotatable bonds is 39. The van der Waals surface area contributed by atoms with Gasteiger partial charge in [0, 0.05) is 0 Å².